The van der Waals surface area contributed by atoms with Crippen LogP contribution in [0, 0.1) is 5.92 Å². The van der Waals surface area contributed by atoms with E-state index < -0.39 is 0 Å². The first-order chi connectivity index (χ1) is 16.7. The first-order valence-corrected chi connectivity index (χ1v) is 12.1. The average Bonchev–Trinajstić information content (AvgIpc) is 3.64. The number of β-amino-alcohol motifs (C(OH)–C–C–N with tert-alkyl or cyclic N) is 1. The minimum absolute atomic E-state index is 0.0133. The maximum absolute atomic E-state index is 12.4. The van der Waals surface area contributed by atoms with E-state index in [0.717, 1.165) is 41.6 Å². The lowest BCUT2D eigenvalue weighted by Gasteiger charge is -2.24. The number of aliphatic hydroxyl groups excluding tert-OH is 1. The number of amides is 1. The number of carbonyl (C=O) groups excluding carboxylic acids is 1. The van der Waals surface area contributed by atoms with Gasteiger partial charge in [0.25, 0.3) is 5.89 Å². The van der Waals surface area contributed by atoms with Crippen molar-refractivity contribution in [3.63, 3.8) is 0 Å². The molecule has 2 fully saturated rings. The van der Waals surface area contributed by atoms with Crippen LogP contribution in [0.15, 0.2) is 34.9 Å². The highest BCUT2D eigenvalue weighted by molar-refractivity contribution is 5.81. The SMILES string of the molecule is COc1cc(-c2nc(-c3cccc4c3CC3CC(=O)N(CCO)C43)no2)cc(C2CCCC2)n1. The minimum Gasteiger partial charge on any atom is -0.481 e. The summed E-state index contributed by atoms with van der Waals surface area (Å²) in [5, 5.41) is 13.8. The number of hydrogen-bond donors (Lipinski definition) is 1. The molecule has 1 aromatic carbocycles. The summed E-state index contributed by atoms with van der Waals surface area (Å²) in [5.41, 5.74) is 5.07. The molecular formula is C26H28N4O4. The van der Waals surface area contributed by atoms with Gasteiger partial charge in [-0.2, -0.15) is 4.98 Å². The average molecular weight is 461 g/mol. The number of aromatic nitrogens is 3. The van der Waals surface area contributed by atoms with Gasteiger partial charge in [0, 0.05) is 41.8 Å². The zero-order chi connectivity index (χ0) is 23.2. The molecular weight excluding hydrogens is 432 g/mol. The minimum atomic E-state index is -0.0313. The molecule has 3 heterocycles. The van der Waals surface area contributed by atoms with Gasteiger partial charge in [-0.1, -0.05) is 36.2 Å². The Morgan fingerprint density at radius 2 is 2.03 bits per heavy atom. The maximum Gasteiger partial charge on any atom is 0.258 e. The molecule has 8 heteroatoms. The summed E-state index contributed by atoms with van der Waals surface area (Å²) in [5.74, 6) is 2.33. The number of ether oxygens (including phenoxy) is 1. The third-order valence-corrected chi connectivity index (χ3v) is 7.60. The van der Waals surface area contributed by atoms with Crippen LogP contribution < -0.4 is 4.74 Å². The molecule has 34 heavy (non-hydrogen) atoms. The van der Waals surface area contributed by atoms with Crippen molar-refractivity contribution in [2.45, 2.75) is 50.5 Å². The molecule has 3 aromatic rings. The lowest BCUT2D eigenvalue weighted by Crippen LogP contribution is -2.30. The lowest BCUT2D eigenvalue weighted by molar-refractivity contribution is -0.129. The molecule has 0 spiro atoms. The zero-order valence-electron chi connectivity index (χ0n) is 19.2. The van der Waals surface area contributed by atoms with Crippen molar-refractivity contribution in [2.75, 3.05) is 20.3 Å². The van der Waals surface area contributed by atoms with Crippen LogP contribution in [0.25, 0.3) is 22.8 Å². The zero-order valence-corrected chi connectivity index (χ0v) is 19.2. The number of benzene rings is 1. The Morgan fingerprint density at radius 1 is 1.18 bits per heavy atom. The number of rotatable bonds is 6. The number of hydrogen-bond acceptors (Lipinski definition) is 7. The molecule has 2 aromatic heterocycles. The van der Waals surface area contributed by atoms with Crippen molar-refractivity contribution in [1.82, 2.24) is 20.0 Å². The van der Waals surface area contributed by atoms with Crippen LogP contribution in [0.2, 0.25) is 0 Å². The number of fused-ring (bicyclic) bond motifs is 3. The van der Waals surface area contributed by atoms with Gasteiger partial charge >= 0.3 is 0 Å². The van der Waals surface area contributed by atoms with Gasteiger partial charge in [-0.15, -0.1) is 0 Å². The summed E-state index contributed by atoms with van der Waals surface area (Å²) in [6, 6.07) is 9.99. The van der Waals surface area contributed by atoms with E-state index >= 15 is 0 Å². The number of aliphatic hydroxyl groups is 1. The van der Waals surface area contributed by atoms with Crippen molar-refractivity contribution in [3.8, 4) is 28.7 Å². The molecule has 1 saturated carbocycles. The van der Waals surface area contributed by atoms with Crippen molar-refractivity contribution in [1.29, 1.82) is 0 Å². The number of carbonyl (C=O) groups is 1. The van der Waals surface area contributed by atoms with Crippen molar-refractivity contribution in [2.24, 2.45) is 5.92 Å². The molecule has 0 radical (unpaired) electrons. The predicted molar refractivity (Wildman–Crippen MR) is 124 cm³/mol. The predicted octanol–water partition coefficient (Wildman–Crippen LogP) is 3.90. The highest BCUT2D eigenvalue weighted by Gasteiger charge is 2.46. The van der Waals surface area contributed by atoms with Gasteiger partial charge in [0.15, 0.2) is 0 Å². The van der Waals surface area contributed by atoms with Gasteiger partial charge in [0.2, 0.25) is 17.6 Å². The Morgan fingerprint density at radius 3 is 2.82 bits per heavy atom. The van der Waals surface area contributed by atoms with E-state index in [4.69, 9.17) is 14.2 Å². The number of methoxy groups -OCH3 is 1. The molecule has 2 atom stereocenters. The summed E-state index contributed by atoms with van der Waals surface area (Å²) in [4.78, 5) is 23.7. The fourth-order valence-electron chi connectivity index (χ4n) is 6.06. The lowest BCUT2D eigenvalue weighted by atomic mass is 10.0. The topological polar surface area (TPSA) is 102 Å². The molecule has 176 valence electrons. The molecule has 8 nitrogen and oxygen atoms in total. The van der Waals surface area contributed by atoms with Crippen LogP contribution in [0.4, 0.5) is 0 Å². The van der Waals surface area contributed by atoms with Gasteiger partial charge in [0.1, 0.15) is 0 Å². The molecule has 0 bridgehead atoms. The van der Waals surface area contributed by atoms with Crippen molar-refractivity contribution >= 4 is 5.91 Å². The summed E-state index contributed by atoms with van der Waals surface area (Å²) in [6.45, 7) is 0.333. The highest BCUT2D eigenvalue weighted by atomic mass is 16.5. The molecule has 2 unspecified atom stereocenters. The van der Waals surface area contributed by atoms with E-state index in [1.54, 1.807) is 7.11 Å². The molecule has 1 amide bonds. The van der Waals surface area contributed by atoms with Crippen LogP contribution in [0.1, 0.15) is 60.9 Å². The van der Waals surface area contributed by atoms with Crippen LogP contribution >= 0.6 is 0 Å². The molecule has 6 rings (SSSR count). The summed E-state index contributed by atoms with van der Waals surface area (Å²) < 4.78 is 11.2. The summed E-state index contributed by atoms with van der Waals surface area (Å²) in [6.07, 6.45) is 6.05. The smallest absolute Gasteiger partial charge is 0.258 e. The van der Waals surface area contributed by atoms with Crippen molar-refractivity contribution in [3.05, 3.63) is 47.2 Å². The Kier molecular flexibility index (Phi) is 5.32. The second kappa shape index (κ2) is 8.51. The third-order valence-electron chi connectivity index (χ3n) is 7.60. The monoisotopic (exact) mass is 460 g/mol. The van der Waals surface area contributed by atoms with Crippen LogP contribution in [0.5, 0.6) is 5.88 Å². The second-order valence-corrected chi connectivity index (χ2v) is 9.52. The van der Waals surface area contributed by atoms with Crippen LogP contribution in [0.3, 0.4) is 0 Å². The van der Waals surface area contributed by atoms with Gasteiger partial charge < -0.3 is 19.3 Å². The number of pyridine rings is 1. The fourth-order valence-corrected chi connectivity index (χ4v) is 6.06. The van der Waals surface area contributed by atoms with E-state index in [1.165, 1.54) is 18.4 Å². The second-order valence-electron chi connectivity index (χ2n) is 9.52. The van der Waals surface area contributed by atoms with Gasteiger partial charge in [-0.05, 0) is 42.4 Å². The van der Waals surface area contributed by atoms with Gasteiger partial charge in [-0.25, -0.2) is 4.98 Å². The standard InChI is InChI=1S/C26H28N4O4/c1-33-22-13-17(12-21(27-22)15-5-2-3-6-15)26-28-25(29-34-26)19-8-4-7-18-20(19)11-16-14-23(32)30(9-10-31)24(16)18/h4,7-8,12-13,15-16,24,31H,2-3,5-6,9-11,14H2,1H3. The molecule has 2 aliphatic carbocycles. The Bertz CT molecular complexity index is 1230. The first kappa shape index (κ1) is 21.3. The molecule has 1 aliphatic heterocycles. The molecule has 1 N–H and O–H groups in total. The van der Waals surface area contributed by atoms with E-state index in [-0.39, 0.29) is 24.5 Å². The van der Waals surface area contributed by atoms with E-state index in [2.05, 4.69) is 16.2 Å². The highest BCUT2D eigenvalue weighted by Crippen LogP contribution is 2.49. The molecule has 3 aliphatic rings. The van der Waals surface area contributed by atoms with Crippen LogP contribution in [-0.2, 0) is 11.2 Å². The fraction of sp³-hybridized carbons (Fsp3) is 0.462. The first-order valence-electron chi connectivity index (χ1n) is 12.1. The Labute approximate surface area is 198 Å². The summed E-state index contributed by atoms with van der Waals surface area (Å²) in [7, 11) is 1.62. The Balaban J connectivity index is 1.35. The Hall–Kier alpha value is -3.26. The van der Waals surface area contributed by atoms with E-state index in [9.17, 15) is 9.90 Å². The normalized spacial score (nSPS) is 21.8. The number of likely N-dealkylation sites (tertiary alicyclic amines) is 1. The van der Waals surface area contributed by atoms with E-state index in [1.807, 2.05) is 29.2 Å². The third kappa shape index (κ3) is 3.48. The van der Waals surface area contributed by atoms with E-state index in [0.29, 0.717) is 36.5 Å². The number of nitrogens with zero attached hydrogens (tertiary/aromatic N) is 4. The largest absolute Gasteiger partial charge is 0.481 e. The quantitative estimate of drug-likeness (QED) is 0.595. The summed E-state index contributed by atoms with van der Waals surface area (Å²) >= 11 is 0. The maximum atomic E-state index is 12.4. The van der Waals surface area contributed by atoms with Crippen molar-refractivity contribution < 1.29 is 19.2 Å². The molecule has 1 saturated heterocycles. The van der Waals surface area contributed by atoms with Gasteiger partial charge in [0.05, 0.1) is 19.8 Å². The van der Waals surface area contributed by atoms with Gasteiger partial charge in [-0.3, -0.25) is 4.79 Å². The van der Waals surface area contributed by atoms with Crippen LogP contribution in [-0.4, -0.2) is 51.3 Å².